The predicted octanol–water partition coefficient (Wildman–Crippen LogP) is 1.90. The molecule has 4 amide bonds. The Hall–Kier alpha value is -3.81. The molecule has 2 aromatic carbocycles. The first-order valence-electron chi connectivity index (χ1n) is 8.43. The van der Waals surface area contributed by atoms with Gasteiger partial charge in [-0.15, -0.1) is 0 Å². The number of hydrogen-bond acceptors (Lipinski definition) is 6. The second-order valence-electron chi connectivity index (χ2n) is 5.74. The molecule has 3 rings (SSSR count). The summed E-state index contributed by atoms with van der Waals surface area (Å²) in [5.74, 6) is 0.630. The van der Waals surface area contributed by atoms with Crippen LogP contribution in [0.4, 0.5) is 4.79 Å². The number of nitrogens with one attached hydrogen (secondary N) is 2. The Labute approximate surface area is 161 Å². The summed E-state index contributed by atoms with van der Waals surface area (Å²) in [5, 5.41) is 4.04. The molecule has 2 N–H and O–H groups in total. The quantitative estimate of drug-likeness (QED) is 0.431. The van der Waals surface area contributed by atoms with E-state index in [1.54, 1.807) is 31.4 Å². The zero-order valence-electron chi connectivity index (χ0n) is 15.1. The molecule has 28 heavy (non-hydrogen) atoms. The van der Waals surface area contributed by atoms with Crippen molar-refractivity contribution in [1.82, 2.24) is 10.6 Å². The molecule has 1 aliphatic heterocycles. The maximum absolute atomic E-state index is 11.7. The van der Waals surface area contributed by atoms with Gasteiger partial charge in [-0.2, -0.15) is 0 Å². The molecule has 0 atom stereocenters. The van der Waals surface area contributed by atoms with Crippen molar-refractivity contribution in [2.24, 2.45) is 0 Å². The van der Waals surface area contributed by atoms with Gasteiger partial charge in [0.1, 0.15) is 36.0 Å². The summed E-state index contributed by atoms with van der Waals surface area (Å²) in [6, 6.07) is 13.2. The molecule has 0 unspecified atom stereocenters. The largest absolute Gasteiger partial charge is 0.497 e. The Balaban J connectivity index is 1.50. The zero-order valence-corrected chi connectivity index (χ0v) is 15.1. The lowest BCUT2D eigenvalue weighted by Gasteiger charge is -2.14. The van der Waals surface area contributed by atoms with E-state index in [0.717, 1.165) is 5.75 Å². The molecule has 1 aliphatic rings. The molecule has 1 saturated heterocycles. The number of barbiturate groups is 1. The first kappa shape index (κ1) is 19.0. The van der Waals surface area contributed by atoms with E-state index >= 15 is 0 Å². The number of benzene rings is 2. The average Bonchev–Trinajstić information content (AvgIpc) is 2.69. The molecule has 1 fully saturated rings. The van der Waals surface area contributed by atoms with Crippen LogP contribution in [-0.2, 0) is 9.59 Å². The van der Waals surface area contributed by atoms with Crippen LogP contribution in [0.25, 0.3) is 6.08 Å². The Morgan fingerprint density at radius 3 is 1.71 bits per heavy atom. The highest BCUT2D eigenvalue weighted by Crippen LogP contribution is 2.18. The van der Waals surface area contributed by atoms with Crippen molar-refractivity contribution in [1.29, 1.82) is 0 Å². The van der Waals surface area contributed by atoms with E-state index in [9.17, 15) is 14.4 Å². The van der Waals surface area contributed by atoms with E-state index in [4.69, 9.17) is 14.2 Å². The van der Waals surface area contributed by atoms with Gasteiger partial charge in [-0.25, -0.2) is 4.79 Å². The van der Waals surface area contributed by atoms with Crippen molar-refractivity contribution in [2.75, 3.05) is 20.3 Å². The minimum atomic E-state index is -0.826. The van der Waals surface area contributed by atoms with Crippen molar-refractivity contribution in [2.45, 2.75) is 0 Å². The third kappa shape index (κ3) is 4.88. The summed E-state index contributed by atoms with van der Waals surface area (Å²) in [6.45, 7) is 0.714. The monoisotopic (exact) mass is 382 g/mol. The van der Waals surface area contributed by atoms with Gasteiger partial charge in [0.2, 0.25) is 0 Å². The summed E-state index contributed by atoms with van der Waals surface area (Å²) >= 11 is 0. The van der Waals surface area contributed by atoms with Gasteiger partial charge in [0.05, 0.1) is 7.11 Å². The standard InChI is InChI=1S/C20H18N2O6/c1-26-14-6-8-16(9-7-14)28-11-10-27-15-4-2-13(3-5-15)12-17-18(23)21-20(25)22-19(17)24/h2-9,12H,10-11H2,1H3,(H2,21,22,23,24,25). The number of carbonyl (C=O) groups excluding carboxylic acids is 3. The van der Waals surface area contributed by atoms with Gasteiger partial charge < -0.3 is 14.2 Å². The molecule has 144 valence electrons. The van der Waals surface area contributed by atoms with Gasteiger partial charge >= 0.3 is 6.03 Å². The topological polar surface area (TPSA) is 103 Å². The highest BCUT2D eigenvalue weighted by atomic mass is 16.5. The van der Waals surface area contributed by atoms with Gasteiger partial charge in [0, 0.05) is 0 Å². The smallest absolute Gasteiger partial charge is 0.328 e. The van der Waals surface area contributed by atoms with Crippen LogP contribution in [-0.4, -0.2) is 38.2 Å². The molecule has 0 aliphatic carbocycles. The summed E-state index contributed by atoms with van der Waals surface area (Å²) in [4.78, 5) is 34.5. The van der Waals surface area contributed by atoms with Crippen molar-refractivity contribution >= 4 is 23.9 Å². The maximum Gasteiger partial charge on any atom is 0.328 e. The Morgan fingerprint density at radius 2 is 1.21 bits per heavy atom. The van der Waals surface area contributed by atoms with Crippen molar-refractivity contribution in [3.8, 4) is 17.2 Å². The van der Waals surface area contributed by atoms with Gasteiger partial charge in [-0.3, -0.25) is 20.2 Å². The van der Waals surface area contributed by atoms with Crippen LogP contribution in [0.5, 0.6) is 17.2 Å². The summed E-state index contributed by atoms with van der Waals surface area (Å²) in [6.07, 6.45) is 1.40. The fraction of sp³-hybridized carbons (Fsp3) is 0.150. The number of rotatable bonds is 7. The van der Waals surface area contributed by atoms with Gasteiger partial charge in [0.15, 0.2) is 0 Å². The molecule has 8 nitrogen and oxygen atoms in total. The SMILES string of the molecule is COc1ccc(OCCOc2ccc(C=C3C(=O)NC(=O)NC3=O)cc2)cc1. The van der Waals surface area contributed by atoms with Gasteiger partial charge in [-0.1, -0.05) is 12.1 Å². The lowest BCUT2D eigenvalue weighted by Crippen LogP contribution is -2.51. The van der Waals surface area contributed by atoms with E-state index in [-0.39, 0.29) is 5.57 Å². The van der Waals surface area contributed by atoms with Crippen molar-refractivity contribution in [3.63, 3.8) is 0 Å². The van der Waals surface area contributed by atoms with Crippen molar-refractivity contribution < 1.29 is 28.6 Å². The van der Waals surface area contributed by atoms with Crippen LogP contribution in [0.15, 0.2) is 54.1 Å². The Bertz CT molecular complexity index is 881. The minimum Gasteiger partial charge on any atom is -0.497 e. The summed E-state index contributed by atoms with van der Waals surface area (Å²) in [5.41, 5.74) is 0.484. The van der Waals surface area contributed by atoms with Crippen LogP contribution in [0.1, 0.15) is 5.56 Å². The first-order valence-corrected chi connectivity index (χ1v) is 8.43. The third-order valence-corrected chi connectivity index (χ3v) is 3.81. The van der Waals surface area contributed by atoms with E-state index in [1.165, 1.54) is 6.08 Å². The third-order valence-electron chi connectivity index (χ3n) is 3.81. The maximum atomic E-state index is 11.7. The highest BCUT2D eigenvalue weighted by molar-refractivity contribution is 6.31. The average molecular weight is 382 g/mol. The molecule has 8 heteroatoms. The van der Waals surface area contributed by atoms with Crippen LogP contribution in [0, 0.1) is 0 Å². The van der Waals surface area contributed by atoms with E-state index < -0.39 is 17.8 Å². The minimum absolute atomic E-state index is 0.138. The molecule has 2 aromatic rings. The van der Waals surface area contributed by atoms with Gasteiger partial charge in [0.25, 0.3) is 11.8 Å². The highest BCUT2D eigenvalue weighted by Gasteiger charge is 2.27. The van der Waals surface area contributed by atoms with Crippen LogP contribution in [0.2, 0.25) is 0 Å². The molecule has 0 spiro atoms. The number of ether oxygens (including phenoxy) is 3. The van der Waals surface area contributed by atoms with E-state index in [1.807, 2.05) is 34.9 Å². The number of methoxy groups -OCH3 is 1. The number of urea groups is 1. The molecule has 1 heterocycles. The first-order chi connectivity index (χ1) is 13.5. The lowest BCUT2D eigenvalue weighted by atomic mass is 10.1. The molecule has 0 radical (unpaired) electrons. The second-order valence-corrected chi connectivity index (χ2v) is 5.74. The van der Waals surface area contributed by atoms with Crippen LogP contribution < -0.4 is 24.8 Å². The normalized spacial score (nSPS) is 13.5. The summed E-state index contributed by atoms with van der Waals surface area (Å²) < 4.78 is 16.3. The molecular weight excluding hydrogens is 364 g/mol. The fourth-order valence-electron chi connectivity index (χ4n) is 2.42. The van der Waals surface area contributed by atoms with E-state index in [0.29, 0.717) is 30.3 Å². The van der Waals surface area contributed by atoms with Crippen LogP contribution >= 0.6 is 0 Å². The van der Waals surface area contributed by atoms with Crippen molar-refractivity contribution in [3.05, 3.63) is 59.7 Å². The second kappa shape index (κ2) is 8.72. The molecule has 0 aromatic heterocycles. The number of hydrogen-bond donors (Lipinski definition) is 2. The van der Waals surface area contributed by atoms with E-state index in [2.05, 4.69) is 0 Å². The number of imide groups is 2. The lowest BCUT2D eigenvalue weighted by molar-refractivity contribution is -0.123. The van der Waals surface area contributed by atoms with Crippen LogP contribution in [0.3, 0.4) is 0 Å². The predicted molar refractivity (Wildman–Crippen MR) is 100 cm³/mol. The Morgan fingerprint density at radius 1 is 0.750 bits per heavy atom. The zero-order chi connectivity index (χ0) is 19.9. The Kier molecular flexibility index (Phi) is 5.91. The molecular formula is C20H18N2O6. The number of amides is 4. The molecule has 0 saturated carbocycles. The fourth-order valence-corrected chi connectivity index (χ4v) is 2.42. The molecule has 0 bridgehead atoms. The summed E-state index contributed by atoms with van der Waals surface area (Å²) in [7, 11) is 1.60. The van der Waals surface area contributed by atoms with Gasteiger partial charge in [-0.05, 0) is 48.0 Å². The number of carbonyl (C=O) groups is 3.